The van der Waals surface area contributed by atoms with Crippen molar-refractivity contribution in [3.05, 3.63) is 59.7 Å². The largest absolute Gasteiger partial charge is 0.484 e. The molecule has 0 aliphatic carbocycles. The highest BCUT2D eigenvalue weighted by molar-refractivity contribution is 5.91. The molecule has 0 saturated carbocycles. The van der Waals surface area contributed by atoms with Crippen LogP contribution in [0.2, 0.25) is 0 Å². The van der Waals surface area contributed by atoms with Crippen molar-refractivity contribution in [3.8, 4) is 5.75 Å². The summed E-state index contributed by atoms with van der Waals surface area (Å²) in [4.78, 5) is 26.7. The second-order valence-electron chi connectivity index (χ2n) is 4.85. The summed E-state index contributed by atoms with van der Waals surface area (Å²) >= 11 is 0. The van der Waals surface area contributed by atoms with Crippen molar-refractivity contribution in [3.63, 3.8) is 0 Å². The van der Waals surface area contributed by atoms with E-state index in [1.54, 1.807) is 61.7 Å². The second kappa shape index (κ2) is 8.47. The molecule has 0 aromatic heterocycles. The SMILES string of the molecule is CCOC(=O)c1cccc(N=Cc2ccc(OCC(N)=O)cc2)c1. The lowest BCUT2D eigenvalue weighted by atomic mass is 10.2. The summed E-state index contributed by atoms with van der Waals surface area (Å²) in [5.74, 6) is -0.345. The van der Waals surface area contributed by atoms with E-state index in [-0.39, 0.29) is 12.6 Å². The van der Waals surface area contributed by atoms with Crippen LogP contribution in [0.1, 0.15) is 22.8 Å². The van der Waals surface area contributed by atoms with Crippen LogP contribution in [0.5, 0.6) is 5.75 Å². The van der Waals surface area contributed by atoms with Gasteiger partial charge in [0.1, 0.15) is 5.75 Å². The van der Waals surface area contributed by atoms with E-state index in [0.717, 1.165) is 5.56 Å². The van der Waals surface area contributed by atoms with Crippen molar-refractivity contribution < 1.29 is 19.1 Å². The molecule has 0 aliphatic rings. The number of rotatable bonds is 7. The maximum Gasteiger partial charge on any atom is 0.338 e. The molecule has 24 heavy (non-hydrogen) atoms. The molecule has 0 aliphatic heterocycles. The molecule has 0 saturated heterocycles. The number of nitrogens with two attached hydrogens (primary N) is 1. The predicted molar refractivity (Wildman–Crippen MR) is 90.8 cm³/mol. The average Bonchev–Trinajstić information content (AvgIpc) is 2.59. The van der Waals surface area contributed by atoms with Gasteiger partial charge in [-0.15, -0.1) is 0 Å². The van der Waals surface area contributed by atoms with E-state index in [2.05, 4.69) is 4.99 Å². The topological polar surface area (TPSA) is 91.0 Å². The summed E-state index contributed by atoms with van der Waals surface area (Å²) in [5, 5.41) is 0. The quantitative estimate of drug-likeness (QED) is 0.625. The molecule has 0 atom stereocenters. The molecule has 0 spiro atoms. The van der Waals surface area contributed by atoms with Crippen molar-refractivity contribution in [2.45, 2.75) is 6.92 Å². The molecule has 0 bridgehead atoms. The number of amides is 1. The number of hydrogen-bond acceptors (Lipinski definition) is 5. The molecule has 1 amide bonds. The first-order valence-corrected chi connectivity index (χ1v) is 7.41. The van der Waals surface area contributed by atoms with Crippen LogP contribution in [-0.4, -0.2) is 31.3 Å². The van der Waals surface area contributed by atoms with Crippen molar-refractivity contribution in [1.29, 1.82) is 0 Å². The zero-order valence-electron chi connectivity index (χ0n) is 13.3. The Bertz CT molecular complexity index is 739. The van der Waals surface area contributed by atoms with Gasteiger partial charge in [0.25, 0.3) is 5.91 Å². The highest BCUT2D eigenvalue weighted by Crippen LogP contribution is 2.16. The van der Waals surface area contributed by atoms with Crippen LogP contribution in [0.15, 0.2) is 53.5 Å². The highest BCUT2D eigenvalue weighted by Gasteiger charge is 2.06. The number of ether oxygens (including phenoxy) is 2. The van der Waals surface area contributed by atoms with E-state index < -0.39 is 5.91 Å². The molecule has 2 aromatic carbocycles. The zero-order valence-corrected chi connectivity index (χ0v) is 13.3. The first-order valence-electron chi connectivity index (χ1n) is 7.41. The second-order valence-corrected chi connectivity index (χ2v) is 4.85. The smallest absolute Gasteiger partial charge is 0.338 e. The summed E-state index contributed by atoms with van der Waals surface area (Å²) in [6.07, 6.45) is 1.67. The highest BCUT2D eigenvalue weighted by atomic mass is 16.5. The van der Waals surface area contributed by atoms with Crippen LogP contribution >= 0.6 is 0 Å². The first kappa shape index (κ1) is 17.2. The summed E-state index contributed by atoms with van der Waals surface area (Å²) in [6.45, 7) is 1.93. The number of carbonyl (C=O) groups excluding carboxylic acids is 2. The molecule has 6 nitrogen and oxygen atoms in total. The molecule has 0 heterocycles. The molecule has 2 rings (SSSR count). The Hall–Kier alpha value is -3.15. The van der Waals surface area contributed by atoms with Crippen LogP contribution < -0.4 is 10.5 Å². The molecule has 2 aromatic rings. The maximum atomic E-state index is 11.7. The van der Waals surface area contributed by atoms with Gasteiger partial charge in [-0.25, -0.2) is 4.79 Å². The lowest BCUT2D eigenvalue weighted by Gasteiger charge is -2.03. The van der Waals surface area contributed by atoms with Crippen molar-refractivity contribution in [2.24, 2.45) is 10.7 Å². The van der Waals surface area contributed by atoms with Crippen LogP contribution in [0, 0.1) is 0 Å². The summed E-state index contributed by atoms with van der Waals surface area (Å²) in [6, 6.07) is 13.9. The minimum atomic E-state index is -0.526. The van der Waals surface area contributed by atoms with Gasteiger partial charge in [-0.3, -0.25) is 9.79 Å². The fraction of sp³-hybridized carbons (Fsp3) is 0.167. The van der Waals surface area contributed by atoms with Gasteiger partial charge in [-0.05, 0) is 55.0 Å². The van der Waals surface area contributed by atoms with E-state index in [4.69, 9.17) is 15.2 Å². The van der Waals surface area contributed by atoms with Gasteiger partial charge >= 0.3 is 5.97 Å². The Kier molecular flexibility index (Phi) is 6.08. The minimum absolute atomic E-state index is 0.159. The molecule has 2 N–H and O–H groups in total. The maximum absolute atomic E-state index is 11.7. The summed E-state index contributed by atoms with van der Waals surface area (Å²) in [5.41, 5.74) is 6.97. The summed E-state index contributed by atoms with van der Waals surface area (Å²) in [7, 11) is 0. The molecule has 0 radical (unpaired) electrons. The van der Waals surface area contributed by atoms with Gasteiger partial charge < -0.3 is 15.2 Å². The van der Waals surface area contributed by atoms with Crippen molar-refractivity contribution in [1.82, 2.24) is 0 Å². The Balaban J connectivity index is 2.04. The molecule has 124 valence electrons. The Morgan fingerprint density at radius 1 is 1.17 bits per heavy atom. The fourth-order valence-electron chi connectivity index (χ4n) is 1.88. The Labute approximate surface area is 139 Å². The Morgan fingerprint density at radius 3 is 2.58 bits per heavy atom. The first-order chi connectivity index (χ1) is 11.6. The number of aliphatic imine (C=N–C) groups is 1. The van der Waals surface area contributed by atoms with Crippen LogP contribution in [0.4, 0.5) is 5.69 Å². The number of carbonyl (C=O) groups is 2. The third-order valence-electron chi connectivity index (χ3n) is 2.98. The van der Waals surface area contributed by atoms with Crippen LogP contribution in [0.3, 0.4) is 0 Å². The van der Waals surface area contributed by atoms with Gasteiger partial charge in [0.15, 0.2) is 6.61 Å². The fourth-order valence-corrected chi connectivity index (χ4v) is 1.88. The Morgan fingerprint density at radius 2 is 1.92 bits per heavy atom. The van der Waals surface area contributed by atoms with Gasteiger partial charge in [-0.2, -0.15) is 0 Å². The van der Waals surface area contributed by atoms with E-state index in [9.17, 15) is 9.59 Å². The average molecular weight is 326 g/mol. The monoisotopic (exact) mass is 326 g/mol. The normalized spacial score (nSPS) is 10.5. The lowest BCUT2D eigenvalue weighted by molar-refractivity contribution is -0.119. The lowest BCUT2D eigenvalue weighted by Crippen LogP contribution is -2.19. The predicted octanol–water partition coefficient (Wildman–Crippen LogP) is 2.48. The molecular weight excluding hydrogens is 308 g/mol. The van der Waals surface area contributed by atoms with Crippen molar-refractivity contribution in [2.75, 3.05) is 13.2 Å². The number of esters is 1. The standard InChI is InChI=1S/C18H18N2O4/c1-2-23-18(22)14-4-3-5-15(10-14)20-11-13-6-8-16(9-7-13)24-12-17(19)21/h3-11H,2,12H2,1H3,(H2,19,21). The van der Waals surface area contributed by atoms with E-state index in [0.29, 0.717) is 23.6 Å². The van der Waals surface area contributed by atoms with Gasteiger partial charge in [0, 0.05) is 6.21 Å². The number of hydrogen-bond donors (Lipinski definition) is 1. The third kappa shape index (κ3) is 5.24. The van der Waals surface area contributed by atoms with E-state index in [1.165, 1.54) is 0 Å². The third-order valence-corrected chi connectivity index (χ3v) is 2.98. The van der Waals surface area contributed by atoms with Crippen LogP contribution in [0.25, 0.3) is 0 Å². The van der Waals surface area contributed by atoms with E-state index >= 15 is 0 Å². The zero-order chi connectivity index (χ0) is 17.4. The van der Waals surface area contributed by atoms with Crippen molar-refractivity contribution >= 4 is 23.8 Å². The number of benzene rings is 2. The minimum Gasteiger partial charge on any atom is -0.484 e. The van der Waals surface area contributed by atoms with Crippen LogP contribution in [-0.2, 0) is 9.53 Å². The number of nitrogens with zero attached hydrogens (tertiary/aromatic N) is 1. The van der Waals surface area contributed by atoms with Gasteiger partial charge in [-0.1, -0.05) is 6.07 Å². The van der Waals surface area contributed by atoms with E-state index in [1.807, 2.05) is 0 Å². The number of primary amides is 1. The molecule has 0 fully saturated rings. The van der Waals surface area contributed by atoms with Gasteiger partial charge in [0.2, 0.25) is 0 Å². The summed E-state index contributed by atoms with van der Waals surface area (Å²) < 4.78 is 10.1. The van der Waals surface area contributed by atoms with Gasteiger partial charge in [0.05, 0.1) is 17.9 Å². The molecule has 6 heteroatoms. The molecule has 0 unspecified atom stereocenters. The molecular formula is C18H18N2O4.